The van der Waals surface area contributed by atoms with Crippen molar-refractivity contribution in [3.8, 4) is 5.82 Å². The van der Waals surface area contributed by atoms with Gasteiger partial charge in [-0.05, 0) is 25.7 Å². The Hall–Kier alpha value is -2.44. The van der Waals surface area contributed by atoms with E-state index < -0.39 is 0 Å². The summed E-state index contributed by atoms with van der Waals surface area (Å²) in [5.41, 5.74) is 0. The van der Waals surface area contributed by atoms with E-state index in [0.29, 0.717) is 11.9 Å². The Bertz CT molecular complexity index is 748. The second-order valence-electron chi connectivity index (χ2n) is 7.71. The zero-order chi connectivity index (χ0) is 18.6. The lowest BCUT2D eigenvalue weighted by atomic mass is 9.91. The Kier molecular flexibility index (Phi) is 5.36. The van der Waals surface area contributed by atoms with Crippen molar-refractivity contribution in [2.75, 3.05) is 25.0 Å². The third kappa shape index (κ3) is 3.96. The van der Waals surface area contributed by atoms with E-state index in [-0.39, 0.29) is 5.92 Å². The van der Waals surface area contributed by atoms with Crippen LogP contribution in [-0.2, 0) is 4.79 Å². The van der Waals surface area contributed by atoms with E-state index in [1.165, 1.54) is 32.1 Å². The molecule has 3 heterocycles. The van der Waals surface area contributed by atoms with Gasteiger partial charge in [-0.15, -0.1) is 0 Å². The van der Waals surface area contributed by atoms with Crippen LogP contribution in [0.3, 0.4) is 0 Å². The fraction of sp³-hybridized carbons (Fsp3) is 0.600. The van der Waals surface area contributed by atoms with Gasteiger partial charge in [0.25, 0.3) is 0 Å². The van der Waals surface area contributed by atoms with Crippen LogP contribution >= 0.6 is 0 Å². The Morgan fingerprint density at radius 3 is 2.52 bits per heavy atom. The maximum absolute atomic E-state index is 12.9. The van der Waals surface area contributed by atoms with Crippen LogP contribution in [0.25, 0.3) is 5.82 Å². The molecule has 1 aliphatic carbocycles. The number of anilines is 1. The third-order valence-corrected chi connectivity index (χ3v) is 6.05. The molecule has 1 amide bonds. The molecule has 0 bridgehead atoms. The first kappa shape index (κ1) is 17.9. The van der Waals surface area contributed by atoms with Crippen molar-refractivity contribution >= 4 is 11.7 Å². The van der Waals surface area contributed by atoms with E-state index in [1.54, 1.807) is 18.9 Å². The lowest BCUT2D eigenvalue weighted by Gasteiger charge is -2.37. The van der Waals surface area contributed by atoms with Gasteiger partial charge in [0, 0.05) is 50.6 Å². The number of aromatic nitrogens is 4. The molecule has 2 fully saturated rings. The zero-order valence-corrected chi connectivity index (χ0v) is 16.0. The summed E-state index contributed by atoms with van der Waals surface area (Å²) in [7, 11) is 2.01. The van der Waals surface area contributed by atoms with Crippen molar-refractivity contribution < 1.29 is 4.79 Å². The SMILES string of the molecule is CN(C(=O)C1CCN(c2cc(-n3ccnc3)ncn2)CC1)C1CCCCC1. The van der Waals surface area contributed by atoms with Gasteiger partial charge < -0.3 is 9.80 Å². The lowest BCUT2D eigenvalue weighted by molar-refractivity contribution is -0.137. The van der Waals surface area contributed by atoms with Crippen LogP contribution in [0.2, 0.25) is 0 Å². The maximum Gasteiger partial charge on any atom is 0.225 e. The molecule has 4 rings (SSSR count). The van der Waals surface area contributed by atoms with Crippen LogP contribution < -0.4 is 4.90 Å². The predicted octanol–water partition coefficient (Wildman–Crippen LogP) is 2.67. The quantitative estimate of drug-likeness (QED) is 0.830. The highest BCUT2D eigenvalue weighted by atomic mass is 16.2. The molecule has 0 N–H and O–H groups in total. The molecule has 2 aliphatic rings. The number of carbonyl (C=O) groups is 1. The molecule has 0 unspecified atom stereocenters. The summed E-state index contributed by atoms with van der Waals surface area (Å²) in [4.78, 5) is 30.0. The van der Waals surface area contributed by atoms with Crippen LogP contribution in [-0.4, -0.2) is 56.5 Å². The summed E-state index contributed by atoms with van der Waals surface area (Å²) in [5, 5.41) is 0. The summed E-state index contributed by atoms with van der Waals surface area (Å²) < 4.78 is 1.88. The molecule has 27 heavy (non-hydrogen) atoms. The van der Waals surface area contributed by atoms with Gasteiger partial charge >= 0.3 is 0 Å². The van der Waals surface area contributed by atoms with Crippen molar-refractivity contribution in [2.24, 2.45) is 5.92 Å². The largest absolute Gasteiger partial charge is 0.356 e. The Morgan fingerprint density at radius 1 is 1.07 bits per heavy atom. The van der Waals surface area contributed by atoms with E-state index in [1.807, 2.05) is 28.8 Å². The minimum Gasteiger partial charge on any atom is -0.356 e. The topological polar surface area (TPSA) is 67.2 Å². The molecule has 2 aromatic heterocycles. The molecule has 0 radical (unpaired) electrons. The molecule has 1 saturated heterocycles. The highest BCUT2D eigenvalue weighted by molar-refractivity contribution is 5.79. The third-order valence-electron chi connectivity index (χ3n) is 6.05. The monoisotopic (exact) mass is 368 g/mol. The van der Waals surface area contributed by atoms with Gasteiger partial charge in [-0.3, -0.25) is 9.36 Å². The lowest BCUT2D eigenvalue weighted by Crippen LogP contribution is -2.45. The number of hydrogen-bond donors (Lipinski definition) is 0. The highest BCUT2D eigenvalue weighted by Gasteiger charge is 2.31. The molecule has 1 aliphatic heterocycles. The molecule has 144 valence electrons. The van der Waals surface area contributed by atoms with Gasteiger partial charge in [0.15, 0.2) is 0 Å². The van der Waals surface area contributed by atoms with E-state index in [0.717, 1.165) is 37.6 Å². The first-order valence-corrected chi connectivity index (χ1v) is 10.0. The number of nitrogens with zero attached hydrogens (tertiary/aromatic N) is 6. The average Bonchev–Trinajstić information content (AvgIpc) is 3.29. The molecule has 0 atom stereocenters. The molecule has 1 saturated carbocycles. The van der Waals surface area contributed by atoms with Gasteiger partial charge in [0.2, 0.25) is 5.91 Å². The number of amides is 1. The van der Waals surface area contributed by atoms with Gasteiger partial charge in [-0.25, -0.2) is 15.0 Å². The van der Waals surface area contributed by atoms with Crippen molar-refractivity contribution in [3.63, 3.8) is 0 Å². The smallest absolute Gasteiger partial charge is 0.225 e. The minimum absolute atomic E-state index is 0.142. The van der Waals surface area contributed by atoms with Gasteiger partial charge in [-0.2, -0.15) is 0 Å². The van der Waals surface area contributed by atoms with Crippen LogP contribution in [0, 0.1) is 5.92 Å². The summed E-state index contributed by atoms with van der Waals surface area (Å²) in [6.45, 7) is 1.71. The standard InChI is InChI=1S/C20H28N6O/c1-24(17-5-3-2-4-6-17)20(27)16-7-10-25(11-8-16)18-13-19(23-14-22-18)26-12-9-21-15-26/h9,12-17H,2-8,10-11H2,1H3. The average molecular weight is 368 g/mol. The molecule has 7 heteroatoms. The molecular formula is C20H28N6O. The second kappa shape index (κ2) is 8.06. The minimum atomic E-state index is 0.142. The van der Waals surface area contributed by atoms with Crippen molar-refractivity contribution in [1.29, 1.82) is 0 Å². The van der Waals surface area contributed by atoms with E-state index in [4.69, 9.17) is 0 Å². The van der Waals surface area contributed by atoms with Crippen LogP contribution in [0.1, 0.15) is 44.9 Å². The Balaban J connectivity index is 1.36. The molecule has 2 aromatic rings. The van der Waals surface area contributed by atoms with Crippen LogP contribution in [0.4, 0.5) is 5.82 Å². The number of rotatable bonds is 4. The summed E-state index contributed by atoms with van der Waals surface area (Å²) >= 11 is 0. The van der Waals surface area contributed by atoms with Crippen molar-refractivity contribution in [1.82, 2.24) is 24.4 Å². The fourth-order valence-electron chi connectivity index (χ4n) is 4.34. The Labute approximate surface area is 160 Å². The summed E-state index contributed by atoms with van der Waals surface area (Å²) in [5.74, 6) is 2.21. The first-order valence-electron chi connectivity index (χ1n) is 10.0. The molecular weight excluding hydrogens is 340 g/mol. The molecule has 0 spiro atoms. The van der Waals surface area contributed by atoms with E-state index in [9.17, 15) is 4.79 Å². The van der Waals surface area contributed by atoms with Gasteiger partial charge in [0.05, 0.1) is 0 Å². The highest BCUT2D eigenvalue weighted by Crippen LogP contribution is 2.27. The normalized spacial score (nSPS) is 19.2. The van der Waals surface area contributed by atoms with Crippen LogP contribution in [0.5, 0.6) is 0 Å². The van der Waals surface area contributed by atoms with Gasteiger partial charge in [0.1, 0.15) is 24.3 Å². The van der Waals surface area contributed by atoms with E-state index >= 15 is 0 Å². The van der Waals surface area contributed by atoms with Gasteiger partial charge in [-0.1, -0.05) is 19.3 Å². The number of imidazole rings is 1. The summed E-state index contributed by atoms with van der Waals surface area (Å²) in [6, 6.07) is 2.43. The second-order valence-corrected chi connectivity index (χ2v) is 7.71. The summed E-state index contributed by atoms with van der Waals surface area (Å²) in [6.07, 6.45) is 14.9. The molecule has 7 nitrogen and oxygen atoms in total. The number of hydrogen-bond acceptors (Lipinski definition) is 5. The zero-order valence-electron chi connectivity index (χ0n) is 16.0. The fourth-order valence-corrected chi connectivity index (χ4v) is 4.34. The van der Waals surface area contributed by atoms with E-state index in [2.05, 4.69) is 19.9 Å². The van der Waals surface area contributed by atoms with Crippen molar-refractivity contribution in [2.45, 2.75) is 51.0 Å². The Morgan fingerprint density at radius 2 is 1.81 bits per heavy atom. The first-order chi connectivity index (χ1) is 13.2. The predicted molar refractivity (Wildman–Crippen MR) is 104 cm³/mol. The van der Waals surface area contributed by atoms with Crippen molar-refractivity contribution in [3.05, 3.63) is 31.1 Å². The molecule has 0 aromatic carbocycles. The number of carbonyl (C=O) groups excluding carboxylic acids is 1. The number of piperidine rings is 1. The maximum atomic E-state index is 12.9. The van der Waals surface area contributed by atoms with Crippen LogP contribution in [0.15, 0.2) is 31.1 Å².